The lowest BCUT2D eigenvalue weighted by molar-refractivity contribution is -0.119. The van der Waals surface area contributed by atoms with Gasteiger partial charge in [-0.05, 0) is 36.0 Å². The first-order valence-electron chi connectivity index (χ1n) is 7.17. The van der Waals surface area contributed by atoms with Crippen molar-refractivity contribution in [3.63, 3.8) is 0 Å². The molecule has 1 aromatic rings. The summed E-state index contributed by atoms with van der Waals surface area (Å²) in [5, 5.41) is 0. The van der Waals surface area contributed by atoms with Gasteiger partial charge in [-0.15, -0.1) is 0 Å². The van der Waals surface area contributed by atoms with Crippen LogP contribution in [0.25, 0.3) is 0 Å². The zero-order valence-corrected chi connectivity index (χ0v) is 12.3. The van der Waals surface area contributed by atoms with Crippen LogP contribution in [0.5, 0.6) is 0 Å². The predicted molar refractivity (Wildman–Crippen MR) is 82.0 cm³/mol. The van der Waals surface area contributed by atoms with E-state index in [1.807, 2.05) is 35.4 Å². The average molecular weight is 278 g/mol. The molecular weight excluding hydrogens is 260 g/mol. The van der Waals surface area contributed by atoms with Crippen LogP contribution in [0.3, 0.4) is 0 Å². The normalized spacial score (nSPS) is 23.0. The molecule has 1 aromatic heterocycles. The van der Waals surface area contributed by atoms with Crippen LogP contribution < -0.4 is 0 Å². The molecule has 1 aliphatic carbocycles. The zero-order valence-electron chi connectivity index (χ0n) is 12.3. The quantitative estimate of drug-likeness (QED) is 0.684. The number of nitrogens with zero attached hydrogens (tertiary/aromatic N) is 2. The first kappa shape index (κ1) is 13.6. The lowest BCUT2D eigenvalue weighted by Crippen LogP contribution is -2.42. The summed E-state index contributed by atoms with van der Waals surface area (Å²) >= 11 is 0. The summed E-state index contributed by atoms with van der Waals surface area (Å²) in [4.78, 5) is 18.3. The third-order valence-electron chi connectivity index (χ3n) is 3.92. The molecule has 0 saturated heterocycles. The molecule has 2 heterocycles. The van der Waals surface area contributed by atoms with E-state index in [1.165, 1.54) is 0 Å². The fourth-order valence-electron chi connectivity index (χ4n) is 2.90. The maximum Gasteiger partial charge on any atom is 0.161 e. The van der Waals surface area contributed by atoms with Crippen LogP contribution in [0, 0.1) is 17.4 Å². The van der Waals surface area contributed by atoms with Crippen LogP contribution in [0.2, 0.25) is 0 Å². The molecule has 106 valence electrons. The summed E-state index contributed by atoms with van der Waals surface area (Å²) < 4.78 is 0. The van der Waals surface area contributed by atoms with Crippen molar-refractivity contribution in [1.82, 2.24) is 9.88 Å². The predicted octanol–water partition coefficient (Wildman–Crippen LogP) is 2.90. The van der Waals surface area contributed by atoms with Gasteiger partial charge >= 0.3 is 0 Å². The molecule has 2 aliphatic rings. The first-order chi connectivity index (χ1) is 10.1. The molecule has 0 amide bonds. The second-order valence-corrected chi connectivity index (χ2v) is 6.33. The Labute approximate surface area is 125 Å². The van der Waals surface area contributed by atoms with Gasteiger partial charge in [0.2, 0.25) is 0 Å². The molecule has 1 aliphatic heterocycles. The molecule has 1 saturated carbocycles. The molecule has 0 radical (unpaired) electrons. The maximum absolute atomic E-state index is 12.3. The van der Waals surface area contributed by atoms with Gasteiger partial charge in [0, 0.05) is 42.2 Å². The van der Waals surface area contributed by atoms with Crippen molar-refractivity contribution in [2.45, 2.75) is 32.7 Å². The summed E-state index contributed by atoms with van der Waals surface area (Å²) in [6.45, 7) is 4.29. The number of Topliss-reactive ketones (excluding diaryl/α,β-unsaturated/α-hetero) is 1. The number of ketones is 1. The molecule has 1 atom stereocenters. The van der Waals surface area contributed by atoms with Gasteiger partial charge in [-0.3, -0.25) is 9.78 Å². The molecule has 0 spiro atoms. The fraction of sp³-hybridized carbons (Fsp3) is 0.333. The van der Waals surface area contributed by atoms with Crippen molar-refractivity contribution < 1.29 is 4.79 Å². The number of hydrogen-bond acceptors (Lipinski definition) is 3. The van der Waals surface area contributed by atoms with E-state index in [9.17, 15) is 4.79 Å². The molecule has 1 unspecified atom stereocenters. The molecule has 0 N–H and O–H groups in total. The second kappa shape index (κ2) is 5.21. The number of carbonyl (C=O) groups excluding carboxylic acids is 1. The Balaban J connectivity index is 1.87. The van der Waals surface area contributed by atoms with Crippen LogP contribution >= 0.6 is 0 Å². The summed E-state index contributed by atoms with van der Waals surface area (Å²) in [5.41, 5.74) is 1.79. The van der Waals surface area contributed by atoms with Crippen LogP contribution in [0.15, 0.2) is 48.5 Å². The largest absolute Gasteiger partial charge is 0.301 e. The minimum atomic E-state index is 0.0263. The summed E-state index contributed by atoms with van der Waals surface area (Å²) in [7, 11) is 0. The Kier molecular flexibility index (Phi) is 3.39. The average Bonchev–Trinajstić information content (AvgIpc) is 2.45. The van der Waals surface area contributed by atoms with Crippen LogP contribution in [0.1, 0.15) is 32.3 Å². The molecular formula is C18H18N2O. The van der Waals surface area contributed by atoms with Gasteiger partial charge in [0.25, 0.3) is 0 Å². The second-order valence-electron chi connectivity index (χ2n) is 6.33. The van der Waals surface area contributed by atoms with Crippen molar-refractivity contribution in [3.05, 3.63) is 54.0 Å². The molecule has 0 bridgehead atoms. The van der Waals surface area contributed by atoms with E-state index in [2.05, 4.69) is 30.8 Å². The summed E-state index contributed by atoms with van der Waals surface area (Å²) in [6.07, 6.45) is 10.8. The highest BCUT2D eigenvalue weighted by atomic mass is 16.1. The van der Waals surface area contributed by atoms with Gasteiger partial charge in [0.05, 0.1) is 6.04 Å². The summed E-state index contributed by atoms with van der Waals surface area (Å²) in [5.74, 6) is 3.36. The maximum atomic E-state index is 12.3. The van der Waals surface area contributed by atoms with Crippen LogP contribution in [-0.2, 0) is 4.79 Å². The van der Waals surface area contributed by atoms with Gasteiger partial charge in [0.1, 0.15) is 0 Å². The number of pyridine rings is 1. The number of carbonyl (C=O) groups is 1. The lowest BCUT2D eigenvalue weighted by Gasteiger charge is -2.40. The standard InChI is InChI=1S/C18H18N2O/c1-18(2)11-16-15(17(21)12-18)6-4-9-20(16)10-7-14-5-3-8-19-13-14/h3-6,8-9,13,16H,11-12H2,1-2H3. The van der Waals surface area contributed by atoms with Crippen molar-refractivity contribution in [1.29, 1.82) is 0 Å². The smallest absolute Gasteiger partial charge is 0.161 e. The lowest BCUT2D eigenvalue weighted by atomic mass is 9.71. The number of hydrogen-bond donors (Lipinski definition) is 0. The Morgan fingerprint density at radius 3 is 3.05 bits per heavy atom. The van der Waals surface area contributed by atoms with Gasteiger partial charge in [-0.1, -0.05) is 19.9 Å². The van der Waals surface area contributed by atoms with Gasteiger partial charge < -0.3 is 4.90 Å². The van der Waals surface area contributed by atoms with Crippen LogP contribution in [0.4, 0.5) is 0 Å². The monoisotopic (exact) mass is 278 g/mol. The Hall–Kier alpha value is -2.34. The van der Waals surface area contributed by atoms with E-state index >= 15 is 0 Å². The van der Waals surface area contributed by atoms with Crippen molar-refractivity contribution in [3.8, 4) is 12.0 Å². The van der Waals surface area contributed by atoms with Crippen molar-refractivity contribution in [2.75, 3.05) is 0 Å². The number of allylic oxidation sites excluding steroid dienone is 2. The zero-order chi connectivity index (χ0) is 14.9. The highest BCUT2D eigenvalue weighted by Crippen LogP contribution is 2.39. The van der Waals surface area contributed by atoms with E-state index in [0.29, 0.717) is 6.42 Å². The first-order valence-corrected chi connectivity index (χ1v) is 7.17. The Morgan fingerprint density at radius 1 is 1.43 bits per heavy atom. The van der Waals surface area contributed by atoms with Gasteiger partial charge in [-0.2, -0.15) is 0 Å². The molecule has 3 heteroatoms. The number of aromatic nitrogens is 1. The molecule has 1 fully saturated rings. The van der Waals surface area contributed by atoms with E-state index < -0.39 is 0 Å². The summed E-state index contributed by atoms with van der Waals surface area (Å²) in [6, 6.07) is 7.02. The van der Waals surface area contributed by atoms with Crippen molar-refractivity contribution in [2.24, 2.45) is 5.41 Å². The van der Waals surface area contributed by atoms with E-state index in [-0.39, 0.29) is 17.2 Å². The van der Waals surface area contributed by atoms with Crippen LogP contribution in [-0.4, -0.2) is 21.7 Å². The van der Waals surface area contributed by atoms with E-state index in [4.69, 9.17) is 0 Å². The topological polar surface area (TPSA) is 33.2 Å². The minimum absolute atomic E-state index is 0.0263. The fourth-order valence-corrected chi connectivity index (χ4v) is 2.90. The van der Waals surface area contributed by atoms with Crippen molar-refractivity contribution >= 4 is 5.78 Å². The highest BCUT2D eigenvalue weighted by Gasteiger charge is 2.39. The van der Waals surface area contributed by atoms with Gasteiger partial charge in [0.15, 0.2) is 5.78 Å². The molecule has 0 aromatic carbocycles. The number of fused-ring (bicyclic) bond motifs is 1. The Morgan fingerprint density at radius 2 is 2.29 bits per heavy atom. The number of rotatable bonds is 0. The van der Waals surface area contributed by atoms with E-state index in [0.717, 1.165) is 17.6 Å². The molecule has 3 rings (SSSR count). The highest BCUT2D eigenvalue weighted by molar-refractivity contribution is 5.98. The third kappa shape index (κ3) is 2.90. The van der Waals surface area contributed by atoms with E-state index in [1.54, 1.807) is 12.4 Å². The Bertz CT molecular complexity index is 674. The molecule has 21 heavy (non-hydrogen) atoms. The van der Waals surface area contributed by atoms with Gasteiger partial charge in [-0.25, -0.2) is 0 Å². The molecule has 3 nitrogen and oxygen atoms in total. The SMILES string of the molecule is CC1(C)CC(=O)C2=CC=CN(C#Cc3cccnc3)C2C1. The minimum Gasteiger partial charge on any atom is -0.301 e. The third-order valence-corrected chi connectivity index (χ3v) is 3.92.